The van der Waals surface area contributed by atoms with Crippen LogP contribution in [0.15, 0.2) is 132 Å². The zero-order chi connectivity index (χ0) is 36.3. The van der Waals surface area contributed by atoms with Gasteiger partial charge in [-0.05, 0) is 77.1 Å². The van der Waals surface area contributed by atoms with Crippen molar-refractivity contribution in [2.45, 2.75) is 26.2 Å². The van der Waals surface area contributed by atoms with Crippen LogP contribution in [0.5, 0.6) is 23.0 Å². The Hall–Kier alpha value is -6.02. The second kappa shape index (κ2) is 10.4. The third kappa shape index (κ3) is 3.92. The van der Waals surface area contributed by atoms with Crippen LogP contribution in [-0.4, -0.2) is 11.3 Å². The van der Waals surface area contributed by atoms with Crippen molar-refractivity contribution in [2.75, 3.05) is 0 Å². The summed E-state index contributed by atoms with van der Waals surface area (Å²) >= 11 is 3.67. The van der Waals surface area contributed by atoms with E-state index < -0.39 is 0 Å². The van der Waals surface area contributed by atoms with E-state index in [9.17, 15) is 0 Å². The summed E-state index contributed by atoms with van der Waals surface area (Å²) in [5, 5.41) is 8.17. The fourth-order valence-electron chi connectivity index (χ4n) is 9.36. The summed E-state index contributed by atoms with van der Waals surface area (Å²) in [6, 6.07) is 46.0. The van der Waals surface area contributed by atoms with Gasteiger partial charge in [0.2, 0.25) is 0 Å². The van der Waals surface area contributed by atoms with Crippen molar-refractivity contribution in [3.63, 3.8) is 0 Å². The minimum atomic E-state index is -0.0577. The van der Waals surface area contributed by atoms with E-state index in [4.69, 9.17) is 13.9 Å². The zero-order valence-electron chi connectivity index (χ0n) is 30.2. The van der Waals surface area contributed by atoms with Gasteiger partial charge in [-0.25, -0.2) is 0 Å². The summed E-state index contributed by atoms with van der Waals surface area (Å²) in [5.41, 5.74) is 8.81. The quantitative estimate of drug-likeness (QED) is 0.157. The highest BCUT2D eigenvalue weighted by molar-refractivity contribution is 7.33. The minimum Gasteiger partial charge on any atom is -0.457 e. The number of hydrogen-bond acceptors (Lipinski definition) is 5. The van der Waals surface area contributed by atoms with E-state index in [1.807, 2.05) is 28.7 Å². The van der Waals surface area contributed by atoms with E-state index in [1.54, 1.807) is 0 Å². The summed E-state index contributed by atoms with van der Waals surface area (Å²) in [4.78, 5) is 0. The summed E-state index contributed by atoms with van der Waals surface area (Å²) in [6.07, 6.45) is 0. The first kappa shape index (κ1) is 30.3. The van der Waals surface area contributed by atoms with Gasteiger partial charge in [-0.1, -0.05) is 87.5 Å². The lowest BCUT2D eigenvalue weighted by Gasteiger charge is -2.32. The maximum atomic E-state index is 7.07. The monoisotopic (exact) mass is 743 g/mol. The molecule has 2 aliphatic heterocycles. The Kier molecular flexibility index (Phi) is 5.73. The normalized spacial score (nSPS) is 13.6. The van der Waals surface area contributed by atoms with Crippen LogP contribution < -0.4 is 25.2 Å². The van der Waals surface area contributed by atoms with Gasteiger partial charge in [0.25, 0.3) is 6.71 Å². The van der Waals surface area contributed by atoms with Crippen LogP contribution in [0.1, 0.15) is 26.3 Å². The maximum Gasteiger partial charge on any atom is 0.273 e. The number of thiophene rings is 2. The van der Waals surface area contributed by atoms with Crippen molar-refractivity contribution in [1.29, 1.82) is 0 Å². The third-order valence-corrected chi connectivity index (χ3v) is 14.3. The molecule has 0 atom stereocenters. The Labute approximate surface area is 323 Å². The molecule has 2 aliphatic rings. The molecule has 13 rings (SSSR count). The fourth-order valence-corrected chi connectivity index (χ4v) is 11.8. The number of rotatable bonds is 1. The highest BCUT2D eigenvalue weighted by Gasteiger charge is 2.44. The first-order valence-electron chi connectivity index (χ1n) is 18.8. The topological polar surface area (TPSA) is 36.5 Å². The van der Waals surface area contributed by atoms with Crippen molar-refractivity contribution in [2.24, 2.45) is 0 Å². The average molecular weight is 744 g/mol. The smallest absolute Gasteiger partial charge is 0.273 e. The Bertz CT molecular complexity index is 3500. The number of furan rings is 1. The molecule has 4 nitrogen and oxygen atoms in total. The fraction of sp³-hybridized carbons (Fsp3) is 0.0833. The lowest BCUT2D eigenvalue weighted by atomic mass is 9.37. The standard InChI is InChI=1S/C48H30BNO3S2/c1-48(2,3)25-19-22-39-30(23-25)44-47(55-39)49-31-24-34(41-29-13-6-9-18-38(29)54-46(41)45(31)53-37-17-10-16-36(52-44)42(37)49)50-32-14-7-4-12-28(32)40-33(50)21-20-27-26-11-5-8-15-35(26)51-43(27)40/h4-24H,1-3H3. The van der Waals surface area contributed by atoms with Crippen LogP contribution in [0.2, 0.25) is 0 Å². The van der Waals surface area contributed by atoms with Gasteiger partial charge in [0, 0.05) is 52.0 Å². The van der Waals surface area contributed by atoms with Gasteiger partial charge in [-0.2, -0.15) is 0 Å². The van der Waals surface area contributed by atoms with Crippen LogP contribution in [0.3, 0.4) is 0 Å². The molecular formula is C48H30BNO3S2. The molecule has 55 heavy (non-hydrogen) atoms. The number of benzene rings is 7. The van der Waals surface area contributed by atoms with Crippen LogP contribution in [0, 0.1) is 0 Å². The molecule has 7 aromatic carbocycles. The van der Waals surface area contributed by atoms with E-state index in [1.165, 1.54) is 41.3 Å². The van der Waals surface area contributed by atoms with Crippen molar-refractivity contribution < 1.29 is 13.9 Å². The van der Waals surface area contributed by atoms with Gasteiger partial charge >= 0.3 is 0 Å². The maximum absolute atomic E-state index is 7.07. The molecule has 7 heteroatoms. The van der Waals surface area contributed by atoms with E-state index in [0.29, 0.717) is 0 Å². The first-order chi connectivity index (χ1) is 26.9. The Balaban J connectivity index is 1.17. The van der Waals surface area contributed by atoms with Crippen LogP contribution >= 0.6 is 22.7 Å². The first-order valence-corrected chi connectivity index (χ1v) is 20.4. The van der Waals surface area contributed by atoms with E-state index in [2.05, 4.69) is 147 Å². The van der Waals surface area contributed by atoms with E-state index in [-0.39, 0.29) is 12.1 Å². The van der Waals surface area contributed by atoms with E-state index in [0.717, 1.165) is 82.7 Å². The number of fused-ring (bicyclic) bond motifs is 17. The molecule has 260 valence electrons. The SMILES string of the molecule is CC(C)(C)c1ccc2sc3c(c2c1)Oc1cccc2c1B3c1cc(-n3c4ccccc4c4c5oc6ccccc6c5ccc43)c3c(sc4ccccc43)c1O2. The van der Waals surface area contributed by atoms with Crippen molar-refractivity contribution in [3.05, 3.63) is 133 Å². The molecule has 11 aromatic rings. The molecule has 0 N–H and O–H groups in total. The second-order valence-electron chi connectivity index (χ2n) is 16.0. The van der Waals surface area contributed by atoms with E-state index >= 15 is 0 Å². The van der Waals surface area contributed by atoms with Crippen LogP contribution in [0.25, 0.3) is 79.7 Å². The predicted molar refractivity (Wildman–Crippen MR) is 233 cm³/mol. The molecule has 0 aliphatic carbocycles. The van der Waals surface area contributed by atoms with Crippen molar-refractivity contribution >= 4 is 119 Å². The molecule has 0 spiro atoms. The number of para-hydroxylation sites is 2. The number of nitrogens with zero attached hydrogens (tertiary/aromatic N) is 1. The third-order valence-electron chi connectivity index (χ3n) is 11.9. The average Bonchev–Trinajstić information content (AvgIpc) is 3.96. The Morgan fingerprint density at radius 2 is 1.33 bits per heavy atom. The molecule has 0 saturated heterocycles. The molecule has 0 amide bonds. The molecule has 0 bridgehead atoms. The summed E-state index contributed by atoms with van der Waals surface area (Å²) < 4.78 is 28.0. The highest BCUT2D eigenvalue weighted by Crippen LogP contribution is 2.49. The molecule has 4 aromatic heterocycles. The molecule has 0 fully saturated rings. The van der Waals surface area contributed by atoms with Crippen molar-refractivity contribution in [3.8, 4) is 28.7 Å². The Morgan fingerprint density at radius 3 is 2.18 bits per heavy atom. The van der Waals surface area contributed by atoms with Gasteiger partial charge in [0.15, 0.2) is 0 Å². The number of aromatic nitrogens is 1. The predicted octanol–water partition coefficient (Wildman–Crippen LogP) is 12.3. The lowest BCUT2D eigenvalue weighted by molar-refractivity contribution is 0.471. The summed E-state index contributed by atoms with van der Waals surface area (Å²) in [7, 11) is 0. The Morgan fingerprint density at radius 1 is 0.582 bits per heavy atom. The number of ether oxygens (including phenoxy) is 2. The van der Waals surface area contributed by atoms with Gasteiger partial charge in [-0.3, -0.25) is 0 Å². The summed E-state index contributed by atoms with van der Waals surface area (Å²) in [5.74, 6) is 3.64. The molecule has 0 radical (unpaired) electrons. The summed E-state index contributed by atoms with van der Waals surface area (Å²) in [6.45, 7) is 6.76. The van der Waals surface area contributed by atoms with Crippen LogP contribution in [-0.2, 0) is 5.41 Å². The number of hydrogen-bond donors (Lipinski definition) is 0. The van der Waals surface area contributed by atoms with Crippen molar-refractivity contribution in [1.82, 2.24) is 4.57 Å². The lowest BCUT2D eigenvalue weighted by Crippen LogP contribution is -2.56. The highest BCUT2D eigenvalue weighted by atomic mass is 32.1. The van der Waals surface area contributed by atoms with Gasteiger partial charge < -0.3 is 18.5 Å². The van der Waals surface area contributed by atoms with Gasteiger partial charge in [0.1, 0.15) is 34.2 Å². The zero-order valence-corrected chi connectivity index (χ0v) is 31.8. The molecular weight excluding hydrogens is 713 g/mol. The molecule has 0 saturated carbocycles. The molecule has 6 heterocycles. The van der Waals surface area contributed by atoms with Crippen LogP contribution in [0.4, 0.5) is 0 Å². The minimum absolute atomic E-state index is 0.0198. The molecule has 0 unspecified atom stereocenters. The van der Waals surface area contributed by atoms with Gasteiger partial charge in [-0.15, -0.1) is 22.7 Å². The van der Waals surface area contributed by atoms with Gasteiger partial charge in [0.05, 0.1) is 26.8 Å². The largest absolute Gasteiger partial charge is 0.457 e. The second-order valence-corrected chi connectivity index (χ2v) is 18.1.